The monoisotopic (exact) mass is 206 g/mol. The third kappa shape index (κ3) is 1330. The first-order valence-electron chi connectivity index (χ1n) is 2.65. The molecule has 8 heteroatoms. The molecule has 0 saturated heterocycles. The van der Waals surface area contributed by atoms with E-state index in [2.05, 4.69) is 4.74 Å². The highest BCUT2D eigenvalue weighted by Crippen LogP contribution is 1.59. The molecule has 0 atom stereocenters. The van der Waals surface area contributed by atoms with Crippen molar-refractivity contribution in [2.75, 3.05) is 27.4 Å². The smallest absolute Gasteiger partial charge is 0.394 e. The van der Waals surface area contributed by atoms with Gasteiger partial charge in [0, 0.05) is 14.2 Å². The van der Waals surface area contributed by atoms with E-state index in [9.17, 15) is 0 Å². The van der Waals surface area contributed by atoms with Gasteiger partial charge in [-0.2, -0.15) is 8.42 Å². The topological polar surface area (TPSA) is 124 Å². The molecular formula is C4H14O7S. The second-order valence-corrected chi connectivity index (χ2v) is 2.20. The highest BCUT2D eigenvalue weighted by Gasteiger charge is 1.84. The van der Waals surface area contributed by atoms with Crippen LogP contribution in [0.5, 0.6) is 0 Å². The summed E-state index contributed by atoms with van der Waals surface area (Å²) in [5, 5.41) is 15.2. The van der Waals surface area contributed by atoms with E-state index < -0.39 is 10.4 Å². The summed E-state index contributed by atoms with van der Waals surface area (Å²) >= 11 is 0. The van der Waals surface area contributed by atoms with Crippen molar-refractivity contribution in [2.24, 2.45) is 0 Å². The maximum atomic E-state index is 8.74. The van der Waals surface area contributed by atoms with Gasteiger partial charge < -0.3 is 14.9 Å². The third-order valence-electron chi connectivity index (χ3n) is 0.1000. The first kappa shape index (κ1) is 17.7. The molecule has 0 aliphatic heterocycles. The Morgan fingerprint density at radius 1 is 1.08 bits per heavy atom. The van der Waals surface area contributed by atoms with Crippen LogP contribution >= 0.6 is 0 Å². The minimum atomic E-state index is -4.67. The third-order valence-corrected chi connectivity index (χ3v) is 0.1000. The molecule has 0 radical (unpaired) electrons. The predicted molar refractivity (Wildman–Crippen MR) is 41.3 cm³/mol. The molecule has 0 aliphatic carbocycles. The molecule has 78 valence electrons. The number of hydrogen-bond donors (Lipinski definition) is 4. The van der Waals surface area contributed by atoms with Crippen molar-refractivity contribution >= 4 is 10.4 Å². The summed E-state index contributed by atoms with van der Waals surface area (Å²) in [6, 6.07) is 0. The number of aliphatic hydroxyl groups excluding tert-OH is 2. The SMILES string of the molecule is COC.O=S(=O)(O)O.OCCO. The van der Waals surface area contributed by atoms with Gasteiger partial charge in [-0.05, 0) is 0 Å². The van der Waals surface area contributed by atoms with Gasteiger partial charge in [0.2, 0.25) is 0 Å². The van der Waals surface area contributed by atoms with E-state index >= 15 is 0 Å². The van der Waals surface area contributed by atoms with Crippen LogP contribution in [0.4, 0.5) is 0 Å². The van der Waals surface area contributed by atoms with E-state index in [1.807, 2.05) is 0 Å². The van der Waals surface area contributed by atoms with Crippen LogP contribution in [0.1, 0.15) is 0 Å². The van der Waals surface area contributed by atoms with Crippen molar-refractivity contribution in [1.82, 2.24) is 0 Å². The van der Waals surface area contributed by atoms with Crippen molar-refractivity contribution in [3.05, 3.63) is 0 Å². The van der Waals surface area contributed by atoms with Crippen LogP contribution in [0.3, 0.4) is 0 Å². The molecule has 0 amide bonds. The van der Waals surface area contributed by atoms with Gasteiger partial charge >= 0.3 is 10.4 Å². The number of hydrogen-bond acceptors (Lipinski definition) is 5. The van der Waals surface area contributed by atoms with Gasteiger partial charge in [-0.3, -0.25) is 9.11 Å². The van der Waals surface area contributed by atoms with Crippen LogP contribution in [-0.4, -0.2) is 55.2 Å². The van der Waals surface area contributed by atoms with Gasteiger partial charge in [0.15, 0.2) is 0 Å². The van der Waals surface area contributed by atoms with Gasteiger partial charge in [0.25, 0.3) is 0 Å². The number of aliphatic hydroxyl groups is 2. The normalized spacial score (nSPS) is 8.83. The van der Waals surface area contributed by atoms with Crippen molar-refractivity contribution in [3.8, 4) is 0 Å². The van der Waals surface area contributed by atoms with E-state index in [1.54, 1.807) is 14.2 Å². The molecule has 0 unspecified atom stereocenters. The zero-order valence-corrected chi connectivity index (χ0v) is 7.65. The summed E-state index contributed by atoms with van der Waals surface area (Å²) in [5.74, 6) is 0. The molecule has 12 heavy (non-hydrogen) atoms. The molecule has 0 spiro atoms. The van der Waals surface area contributed by atoms with Gasteiger partial charge in [0.1, 0.15) is 0 Å². The summed E-state index contributed by atoms with van der Waals surface area (Å²) in [6.07, 6.45) is 0. The predicted octanol–water partition coefficient (Wildman–Crippen LogP) is -1.42. The summed E-state index contributed by atoms with van der Waals surface area (Å²) in [6.45, 7) is -0.250. The van der Waals surface area contributed by atoms with Gasteiger partial charge in [-0.1, -0.05) is 0 Å². The average molecular weight is 206 g/mol. The van der Waals surface area contributed by atoms with Crippen molar-refractivity contribution in [2.45, 2.75) is 0 Å². The summed E-state index contributed by atoms with van der Waals surface area (Å²) < 4.78 is 35.8. The molecule has 0 heterocycles. The largest absolute Gasteiger partial charge is 0.394 e. The number of rotatable bonds is 1. The van der Waals surface area contributed by atoms with Crippen LogP contribution in [-0.2, 0) is 15.1 Å². The van der Waals surface area contributed by atoms with E-state index in [-0.39, 0.29) is 13.2 Å². The quantitative estimate of drug-likeness (QED) is 0.388. The Bertz CT molecular complexity index is 129. The molecule has 0 aromatic rings. The Balaban J connectivity index is -0.000000105. The number of methoxy groups -OCH3 is 1. The minimum absolute atomic E-state index is 0.125. The molecule has 0 rings (SSSR count). The summed E-state index contributed by atoms with van der Waals surface area (Å²) in [4.78, 5) is 0. The van der Waals surface area contributed by atoms with Crippen molar-refractivity contribution in [1.29, 1.82) is 0 Å². The van der Waals surface area contributed by atoms with E-state index in [0.29, 0.717) is 0 Å². The van der Waals surface area contributed by atoms with Crippen LogP contribution in [0.2, 0.25) is 0 Å². The average Bonchev–Trinajstić information content (AvgIpc) is 1.85. The van der Waals surface area contributed by atoms with Crippen molar-refractivity contribution in [3.63, 3.8) is 0 Å². The second-order valence-electron chi connectivity index (χ2n) is 1.30. The maximum Gasteiger partial charge on any atom is 0.394 e. The fourth-order valence-electron chi connectivity index (χ4n) is 0. The zero-order valence-electron chi connectivity index (χ0n) is 6.84. The second kappa shape index (κ2) is 13.3. The lowest BCUT2D eigenvalue weighted by atomic mass is 10.8. The minimum Gasteiger partial charge on any atom is -0.394 e. The van der Waals surface area contributed by atoms with Crippen LogP contribution < -0.4 is 0 Å². The summed E-state index contributed by atoms with van der Waals surface area (Å²) in [7, 11) is -1.42. The Kier molecular flexibility index (Phi) is 19.7. The highest BCUT2D eigenvalue weighted by molar-refractivity contribution is 7.79. The van der Waals surface area contributed by atoms with Gasteiger partial charge in [-0.25, -0.2) is 0 Å². The Hall–Kier alpha value is -0.250. The van der Waals surface area contributed by atoms with Crippen LogP contribution in [0.25, 0.3) is 0 Å². The zero-order chi connectivity index (χ0) is 10.6. The van der Waals surface area contributed by atoms with Crippen LogP contribution in [0.15, 0.2) is 0 Å². The molecule has 0 fully saturated rings. The molecule has 7 nitrogen and oxygen atoms in total. The molecule has 0 aromatic carbocycles. The highest BCUT2D eigenvalue weighted by atomic mass is 32.3. The first-order valence-corrected chi connectivity index (χ1v) is 4.04. The molecule has 0 saturated carbocycles. The van der Waals surface area contributed by atoms with Gasteiger partial charge in [0.05, 0.1) is 13.2 Å². The maximum absolute atomic E-state index is 8.74. The Labute approximate surface area is 71.2 Å². The lowest BCUT2D eigenvalue weighted by molar-refractivity contribution is 0.186. The molecule has 0 aliphatic rings. The van der Waals surface area contributed by atoms with Crippen molar-refractivity contribution < 1.29 is 32.5 Å². The standard InChI is InChI=1S/C2H6O2.C2H6O.H2O4S/c3-1-2-4;1-3-2;1-5(2,3)4/h3-4H,1-2H2;1-2H3;(H2,1,2,3,4). The molecule has 0 bridgehead atoms. The lowest BCUT2D eigenvalue weighted by Crippen LogP contribution is -1.89. The first-order chi connectivity index (χ1) is 5.33. The van der Waals surface area contributed by atoms with E-state index in [0.717, 1.165) is 0 Å². The Morgan fingerprint density at radius 3 is 1.17 bits per heavy atom. The fourth-order valence-corrected chi connectivity index (χ4v) is 0. The molecular weight excluding hydrogens is 192 g/mol. The summed E-state index contributed by atoms with van der Waals surface area (Å²) in [5.41, 5.74) is 0. The lowest BCUT2D eigenvalue weighted by Gasteiger charge is -1.70. The molecule has 0 aromatic heterocycles. The van der Waals surface area contributed by atoms with Gasteiger partial charge in [-0.15, -0.1) is 0 Å². The molecule has 4 N–H and O–H groups in total. The Morgan fingerprint density at radius 2 is 1.17 bits per heavy atom. The van der Waals surface area contributed by atoms with Crippen LogP contribution in [0, 0.1) is 0 Å². The number of ether oxygens (including phenoxy) is 1. The van der Waals surface area contributed by atoms with E-state index in [4.69, 9.17) is 27.7 Å². The fraction of sp³-hybridized carbons (Fsp3) is 1.00. The van der Waals surface area contributed by atoms with E-state index in [1.165, 1.54) is 0 Å².